The quantitative estimate of drug-likeness (QED) is 0.850. The highest BCUT2D eigenvalue weighted by Gasteiger charge is 2.25. The molecule has 0 saturated heterocycles. The molecule has 0 aromatic heterocycles. The van der Waals surface area contributed by atoms with Crippen molar-refractivity contribution in [2.45, 2.75) is 25.3 Å². The van der Waals surface area contributed by atoms with Gasteiger partial charge in [-0.3, -0.25) is 0 Å². The Morgan fingerprint density at radius 1 is 1.40 bits per heavy atom. The third-order valence-corrected chi connectivity index (χ3v) is 3.29. The Hall–Kier alpha value is -0.310. The molecule has 0 heterocycles. The van der Waals surface area contributed by atoms with E-state index in [0.717, 1.165) is 18.4 Å². The monoisotopic (exact) mass is 249 g/mol. The van der Waals surface area contributed by atoms with Crippen molar-refractivity contribution in [1.82, 2.24) is 0 Å². The Balaban J connectivity index is 0.00000112. The first-order chi connectivity index (χ1) is 6.68. The Morgan fingerprint density at radius 3 is 2.53 bits per heavy atom. The number of rotatable bonds is 2. The fraction of sp³-hybridized carbons (Fsp3) is 0.455. The van der Waals surface area contributed by atoms with E-state index in [2.05, 4.69) is 0 Å². The molecule has 1 aromatic rings. The van der Waals surface area contributed by atoms with Crippen LogP contribution < -0.4 is 5.73 Å². The first-order valence-electron chi connectivity index (χ1n) is 4.89. The van der Waals surface area contributed by atoms with Gasteiger partial charge in [-0.1, -0.05) is 24.1 Å². The van der Waals surface area contributed by atoms with Gasteiger partial charge in [0.1, 0.15) is 5.82 Å². The zero-order valence-corrected chi connectivity index (χ0v) is 9.82. The predicted octanol–water partition coefficient (Wildman–Crippen LogP) is 3.70. The molecule has 0 amide bonds. The number of benzene rings is 1. The van der Waals surface area contributed by atoms with E-state index in [1.165, 1.54) is 12.5 Å². The second kappa shape index (κ2) is 5.15. The van der Waals surface area contributed by atoms with E-state index in [0.29, 0.717) is 5.92 Å². The molecule has 2 N–H and O–H groups in total. The van der Waals surface area contributed by atoms with E-state index in [1.807, 2.05) is 6.07 Å². The largest absolute Gasteiger partial charge is 0.324 e. The van der Waals surface area contributed by atoms with Crippen LogP contribution in [0.4, 0.5) is 4.39 Å². The zero-order valence-electron chi connectivity index (χ0n) is 8.25. The van der Waals surface area contributed by atoms with Crippen molar-refractivity contribution in [1.29, 1.82) is 0 Å². The molecule has 1 fully saturated rings. The van der Waals surface area contributed by atoms with Gasteiger partial charge in [-0.05, 0) is 36.5 Å². The van der Waals surface area contributed by atoms with E-state index in [4.69, 9.17) is 17.3 Å². The van der Waals surface area contributed by atoms with Gasteiger partial charge < -0.3 is 5.73 Å². The summed E-state index contributed by atoms with van der Waals surface area (Å²) < 4.78 is 13.1. The summed E-state index contributed by atoms with van der Waals surface area (Å²) in [5.41, 5.74) is 6.87. The van der Waals surface area contributed by atoms with Crippen LogP contribution >= 0.6 is 24.0 Å². The fourth-order valence-corrected chi connectivity index (χ4v) is 1.91. The molecule has 0 bridgehead atoms. The molecule has 2 rings (SSSR count). The van der Waals surface area contributed by atoms with Gasteiger partial charge in [-0.2, -0.15) is 0 Å². The van der Waals surface area contributed by atoms with Crippen molar-refractivity contribution in [3.63, 3.8) is 0 Å². The lowest BCUT2D eigenvalue weighted by Gasteiger charge is -2.31. The minimum Gasteiger partial charge on any atom is -0.324 e. The van der Waals surface area contributed by atoms with E-state index in [9.17, 15) is 4.39 Å². The van der Waals surface area contributed by atoms with E-state index in [1.54, 1.807) is 6.07 Å². The van der Waals surface area contributed by atoms with Gasteiger partial charge in [0.05, 0.1) is 5.02 Å². The third kappa shape index (κ3) is 2.63. The molecule has 1 aromatic carbocycles. The number of hydrogen-bond acceptors (Lipinski definition) is 1. The van der Waals surface area contributed by atoms with Gasteiger partial charge in [-0.15, -0.1) is 12.4 Å². The first-order valence-corrected chi connectivity index (χ1v) is 5.27. The molecule has 4 heteroatoms. The van der Waals surface area contributed by atoms with Gasteiger partial charge in [0.25, 0.3) is 0 Å². The number of halogens is 3. The Bertz CT molecular complexity index is 339. The smallest absolute Gasteiger partial charge is 0.142 e. The van der Waals surface area contributed by atoms with Crippen LogP contribution in [0.5, 0.6) is 0 Å². The van der Waals surface area contributed by atoms with Crippen LogP contribution in [0.25, 0.3) is 0 Å². The molecule has 0 unspecified atom stereocenters. The Morgan fingerprint density at radius 2 is 2.07 bits per heavy atom. The summed E-state index contributed by atoms with van der Waals surface area (Å²) in [6, 6.07) is 4.81. The molecule has 0 spiro atoms. The molecule has 0 radical (unpaired) electrons. The van der Waals surface area contributed by atoms with Crippen LogP contribution in [-0.4, -0.2) is 0 Å². The van der Waals surface area contributed by atoms with Crippen molar-refractivity contribution in [3.8, 4) is 0 Å². The highest BCUT2D eigenvalue weighted by atomic mass is 35.5. The normalized spacial score (nSPS) is 17.8. The predicted molar refractivity (Wildman–Crippen MR) is 62.9 cm³/mol. The first kappa shape index (κ1) is 12.8. The van der Waals surface area contributed by atoms with Crippen molar-refractivity contribution in [2.24, 2.45) is 11.7 Å². The van der Waals surface area contributed by atoms with Crippen molar-refractivity contribution < 1.29 is 4.39 Å². The van der Waals surface area contributed by atoms with Crippen LogP contribution in [0.3, 0.4) is 0 Å². The van der Waals surface area contributed by atoms with Crippen LogP contribution in [0, 0.1) is 11.7 Å². The molecule has 1 saturated carbocycles. The highest BCUT2D eigenvalue weighted by Crippen LogP contribution is 2.36. The molecule has 1 aliphatic rings. The highest BCUT2D eigenvalue weighted by molar-refractivity contribution is 6.30. The molecule has 1 nitrogen and oxygen atoms in total. The number of nitrogens with two attached hydrogens (primary N) is 1. The van der Waals surface area contributed by atoms with Gasteiger partial charge in [0.15, 0.2) is 0 Å². The second-order valence-electron chi connectivity index (χ2n) is 3.89. The fourth-order valence-electron chi connectivity index (χ4n) is 1.79. The average Bonchev–Trinajstić information content (AvgIpc) is 2.06. The second-order valence-corrected chi connectivity index (χ2v) is 4.30. The maximum Gasteiger partial charge on any atom is 0.142 e. The zero-order chi connectivity index (χ0) is 10.1. The summed E-state index contributed by atoms with van der Waals surface area (Å²) in [5.74, 6) is 0.148. The van der Waals surface area contributed by atoms with E-state index >= 15 is 0 Å². The Kier molecular flexibility index (Phi) is 4.38. The summed E-state index contributed by atoms with van der Waals surface area (Å²) in [6.45, 7) is 0. The van der Waals surface area contributed by atoms with Gasteiger partial charge >= 0.3 is 0 Å². The summed E-state index contributed by atoms with van der Waals surface area (Å²) in [4.78, 5) is 0. The maximum absolute atomic E-state index is 13.1. The summed E-state index contributed by atoms with van der Waals surface area (Å²) in [5, 5.41) is 0.162. The SMILES string of the molecule is Cl.N[C@H](c1ccc(Cl)c(F)c1)C1CCC1. The molecule has 1 aliphatic carbocycles. The summed E-state index contributed by atoms with van der Waals surface area (Å²) >= 11 is 5.60. The van der Waals surface area contributed by atoms with Crippen molar-refractivity contribution >= 4 is 24.0 Å². The topological polar surface area (TPSA) is 26.0 Å². The maximum atomic E-state index is 13.1. The van der Waals surface area contributed by atoms with Crippen LogP contribution in [0.1, 0.15) is 30.9 Å². The van der Waals surface area contributed by atoms with Gasteiger partial charge in [0.2, 0.25) is 0 Å². The van der Waals surface area contributed by atoms with Gasteiger partial charge in [-0.25, -0.2) is 4.39 Å². The molecule has 15 heavy (non-hydrogen) atoms. The molecule has 1 atom stereocenters. The minimum atomic E-state index is -0.376. The summed E-state index contributed by atoms with van der Waals surface area (Å²) in [6.07, 6.45) is 3.56. The van der Waals surface area contributed by atoms with Gasteiger partial charge in [0, 0.05) is 6.04 Å². The number of hydrogen-bond donors (Lipinski definition) is 1. The molecular formula is C11H14Cl2FN. The van der Waals surface area contributed by atoms with E-state index < -0.39 is 0 Å². The van der Waals surface area contributed by atoms with Crippen molar-refractivity contribution in [2.75, 3.05) is 0 Å². The summed E-state index contributed by atoms with van der Waals surface area (Å²) in [7, 11) is 0. The lowest BCUT2D eigenvalue weighted by molar-refractivity contribution is 0.264. The Labute approximate surface area is 100 Å². The van der Waals surface area contributed by atoms with E-state index in [-0.39, 0.29) is 29.3 Å². The molecule has 84 valence electrons. The van der Waals surface area contributed by atoms with Crippen LogP contribution in [0.15, 0.2) is 18.2 Å². The molecule has 0 aliphatic heterocycles. The standard InChI is InChI=1S/C11H13ClFN.ClH/c12-9-5-4-8(6-10(9)13)11(14)7-2-1-3-7;/h4-7,11H,1-3,14H2;1H/t11-;/m0./s1. The lowest BCUT2D eigenvalue weighted by atomic mass is 9.77. The minimum absolute atomic E-state index is 0. The third-order valence-electron chi connectivity index (χ3n) is 2.99. The lowest BCUT2D eigenvalue weighted by Crippen LogP contribution is -2.26. The average molecular weight is 250 g/mol. The molecular weight excluding hydrogens is 236 g/mol. The van der Waals surface area contributed by atoms with Crippen LogP contribution in [-0.2, 0) is 0 Å². The van der Waals surface area contributed by atoms with Crippen molar-refractivity contribution in [3.05, 3.63) is 34.6 Å². The van der Waals surface area contributed by atoms with Crippen LogP contribution in [0.2, 0.25) is 5.02 Å².